The molecule has 0 atom stereocenters. The molecule has 0 heterocycles. The Kier molecular flexibility index (Phi) is 29.8. The molecule has 0 saturated heterocycles. The summed E-state index contributed by atoms with van der Waals surface area (Å²) < 4.78 is 0. The van der Waals surface area contributed by atoms with Crippen LogP contribution in [0.25, 0.3) is 0 Å². The number of carboxylic acid groups (broad SMARTS) is 1. The highest BCUT2D eigenvalue weighted by Crippen LogP contribution is 1.79. The molecule has 0 fully saturated rings. The minimum absolute atomic E-state index is 0.833. The van der Waals surface area contributed by atoms with Crippen LogP contribution < -0.4 is 0 Å². The van der Waals surface area contributed by atoms with Gasteiger partial charge in [0.2, 0.25) is 0 Å². The van der Waals surface area contributed by atoms with Crippen molar-refractivity contribution >= 4 is 5.97 Å². The highest BCUT2D eigenvalue weighted by molar-refractivity contribution is 5.62. The molecular formula is C12H22O2. The molecule has 0 bridgehead atoms. The number of benzene rings is 1. The van der Waals surface area contributed by atoms with Gasteiger partial charge in [-0.25, -0.2) is 0 Å². The van der Waals surface area contributed by atoms with E-state index in [0.717, 1.165) is 6.92 Å². The van der Waals surface area contributed by atoms with E-state index in [2.05, 4.69) is 0 Å². The summed E-state index contributed by atoms with van der Waals surface area (Å²) in [6, 6.07) is 12.0. The quantitative estimate of drug-likeness (QED) is 0.688. The maximum atomic E-state index is 9.00. The van der Waals surface area contributed by atoms with Gasteiger partial charge < -0.3 is 5.11 Å². The first-order chi connectivity index (χ1) is 6.73. The summed E-state index contributed by atoms with van der Waals surface area (Å²) in [5, 5.41) is 7.42. The molecule has 0 radical (unpaired) electrons. The number of hydrogen-bond acceptors (Lipinski definition) is 1. The smallest absolute Gasteiger partial charge is 0.300 e. The zero-order chi connectivity index (χ0) is 11.8. The lowest BCUT2D eigenvalue weighted by Gasteiger charge is -1.69. The maximum absolute atomic E-state index is 9.00. The Morgan fingerprint density at radius 2 is 0.857 bits per heavy atom. The minimum atomic E-state index is -0.833. The van der Waals surface area contributed by atoms with Gasteiger partial charge in [-0.1, -0.05) is 64.1 Å². The molecule has 2 nitrogen and oxygen atoms in total. The Balaban J connectivity index is -0.000000134. The third-order valence-corrected chi connectivity index (χ3v) is 0.667. The van der Waals surface area contributed by atoms with Crippen LogP contribution in [0.15, 0.2) is 36.4 Å². The van der Waals surface area contributed by atoms with E-state index in [1.807, 2.05) is 64.1 Å². The monoisotopic (exact) mass is 198 g/mol. The van der Waals surface area contributed by atoms with Crippen molar-refractivity contribution in [2.75, 3.05) is 0 Å². The van der Waals surface area contributed by atoms with Crippen molar-refractivity contribution in [1.82, 2.24) is 0 Å². The maximum Gasteiger partial charge on any atom is 0.300 e. The molecule has 14 heavy (non-hydrogen) atoms. The molecule has 0 saturated carbocycles. The third-order valence-electron chi connectivity index (χ3n) is 0.667. The fourth-order valence-corrected chi connectivity index (χ4v) is 0.385. The molecule has 0 aliphatic heterocycles. The van der Waals surface area contributed by atoms with Gasteiger partial charge in [-0.2, -0.15) is 0 Å². The van der Waals surface area contributed by atoms with Gasteiger partial charge in [-0.3, -0.25) is 4.79 Å². The average molecular weight is 198 g/mol. The lowest BCUT2D eigenvalue weighted by Crippen LogP contribution is -1.78. The van der Waals surface area contributed by atoms with E-state index in [4.69, 9.17) is 9.90 Å². The Hall–Kier alpha value is -1.31. The largest absolute Gasteiger partial charge is 0.481 e. The molecule has 0 spiro atoms. The Morgan fingerprint density at radius 3 is 0.929 bits per heavy atom. The van der Waals surface area contributed by atoms with Crippen molar-refractivity contribution in [1.29, 1.82) is 0 Å². The lowest BCUT2D eigenvalue weighted by atomic mass is 10.4. The molecule has 0 aliphatic carbocycles. The zero-order valence-corrected chi connectivity index (χ0v) is 9.82. The minimum Gasteiger partial charge on any atom is -0.481 e. The second kappa shape index (κ2) is 22.6. The summed E-state index contributed by atoms with van der Waals surface area (Å²) in [6.07, 6.45) is 0. The van der Waals surface area contributed by atoms with Crippen LogP contribution in [0.3, 0.4) is 0 Å². The van der Waals surface area contributed by atoms with Crippen molar-refractivity contribution < 1.29 is 9.90 Å². The number of hydrogen-bond donors (Lipinski definition) is 1. The summed E-state index contributed by atoms with van der Waals surface area (Å²) >= 11 is 0. The molecule has 2 heteroatoms. The molecule has 0 aromatic heterocycles. The SMILES string of the molecule is CC.CC.CC(=O)O.c1ccccc1. The van der Waals surface area contributed by atoms with Crippen LogP contribution >= 0.6 is 0 Å². The fraction of sp³-hybridized carbons (Fsp3) is 0.417. The number of aliphatic carboxylic acids is 1. The Labute approximate surface area is 87.6 Å². The van der Waals surface area contributed by atoms with Gasteiger partial charge in [0.25, 0.3) is 5.97 Å². The molecular weight excluding hydrogens is 176 g/mol. The summed E-state index contributed by atoms with van der Waals surface area (Å²) in [5.74, 6) is -0.833. The predicted octanol–water partition coefficient (Wildman–Crippen LogP) is 3.83. The normalized spacial score (nSPS) is 6.07. The topological polar surface area (TPSA) is 37.3 Å². The van der Waals surface area contributed by atoms with E-state index in [-0.39, 0.29) is 0 Å². The van der Waals surface area contributed by atoms with E-state index < -0.39 is 5.97 Å². The molecule has 82 valence electrons. The van der Waals surface area contributed by atoms with Crippen molar-refractivity contribution in [2.45, 2.75) is 34.6 Å². The summed E-state index contributed by atoms with van der Waals surface area (Å²) in [6.45, 7) is 9.08. The van der Waals surface area contributed by atoms with Crippen LogP contribution in [0.4, 0.5) is 0 Å². The van der Waals surface area contributed by atoms with Crippen LogP contribution in [0, 0.1) is 0 Å². The first-order valence-corrected chi connectivity index (χ1v) is 4.93. The van der Waals surface area contributed by atoms with E-state index >= 15 is 0 Å². The van der Waals surface area contributed by atoms with Gasteiger partial charge >= 0.3 is 0 Å². The van der Waals surface area contributed by atoms with E-state index in [0.29, 0.717) is 0 Å². The van der Waals surface area contributed by atoms with Crippen LogP contribution in [-0.4, -0.2) is 11.1 Å². The van der Waals surface area contributed by atoms with Gasteiger partial charge in [0.05, 0.1) is 0 Å². The average Bonchev–Trinajstić information content (AvgIpc) is 2.25. The highest BCUT2D eigenvalue weighted by Gasteiger charge is 1.65. The second-order valence-corrected chi connectivity index (χ2v) is 1.67. The van der Waals surface area contributed by atoms with Crippen molar-refractivity contribution in [2.24, 2.45) is 0 Å². The van der Waals surface area contributed by atoms with E-state index in [9.17, 15) is 0 Å². The molecule has 1 aromatic carbocycles. The highest BCUT2D eigenvalue weighted by atomic mass is 16.4. The first-order valence-electron chi connectivity index (χ1n) is 4.93. The third kappa shape index (κ3) is 45.6. The number of rotatable bonds is 0. The lowest BCUT2D eigenvalue weighted by molar-refractivity contribution is -0.134. The first kappa shape index (κ1) is 18.5. The standard InChI is InChI=1S/C6H6.C2H4O2.2C2H6/c1-2-4-6-5-3-1;1-2(3)4;2*1-2/h1-6H;1H3,(H,3,4);2*1-2H3. The van der Waals surface area contributed by atoms with E-state index in [1.54, 1.807) is 0 Å². The van der Waals surface area contributed by atoms with Crippen molar-refractivity contribution in [3.05, 3.63) is 36.4 Å². The Morgan fingerprint density at radius 1 is 0.786 bits per heavy atom. The Bertz CT molecular complexity index is 140. The summed E-state index contributed by atoms with van der Waals surface area (Å²) in [5.41, 5.74) is 0. The molecule has 1 aromatic rings. The molecule has 0 aliphatic rings. The van der Waals surface area contributed by atoms with Crippen LogP contribution in [-0.2, 0) is 4.79 Å². The van der Waals surface area contributed by atoms with Crippen molar-refractivity contribution in [3.8, 4) is 0 Å². The fourth-order valence-electron chi connectivity index (χ4n) is 0.385. The van der Waals surface area contributed by atoms with E-state index in [1.165, 1.54) is 0 Å². The molecule has 0 amide bonds. The second-order valence-electron chi connectivity index (χ2n) is 1.67. The van der Waals surface area contributed by atoms with Crippen LogP contribution in [0.1, 0.15) is 34.6 Å². The number of carbonyl (C=O) groups is 1. The summed E-state index contributed by atoms with van der Waals surface area (Å²) in [7, 11) is 0. The zero-order valence-electron chi connectivity index (χ0n) is 9.82. The van der Waals surface area contributed by atoms with Gasteiger partial charge in [0.1, 0.15) is 0 Å². The summed E-state index contributed by atoms with van der Waals surface area (Å²) in [4.78, 5) is 9.00. The molecule has 1 N–H and O–H groups in total. The van der Waals surface area contributed by atoms with Gasteiger partial charge in [0, 0.05) is 6.92 Å². The predicted molar refractivity (Wildman–Crippen MR) is 62.4 cm³/mol. The van der Waals surface area contributed by atoms with Crippen molar-refractivity contribution in [3.63, 3.8) is 0 Å². The van der Waals surface area contributed by atoms with Gasteiger partial charge in [-0.15, -0.1) is 0 Å². The number of carboxylic acids is 1. The molecule has 1 rings (SSSR count). The van der Waals surface area contributed by atoms with Crippen LogP contribution in [0.2, 0.25) is 0 Å². The van der Waals surface area contributed by atoms with Gasteiger partial charge in [0.15, 0.2) is 0 Å². The van der Waals surface area contributed by atoms with Crippen LogP contribution in [0.5, 0.6) is 0 Å². The van der Waals surface area contributed by atoms with Gasteiger partial charge in [-0.05, 0) is 0 Å². The molecule has 0 unspecified atom stereocenters.